The second kappa shape index (κ2) is 3.70. The molecule has 3 aromatic rings. The van der Waals surface area contributed by atoms with Crippen LogP contribution < -0.4 is 5.73 Å². The van der Waals surface area contributed by atoms with Crippen LogP contribution in [0.3, 0.4) is 0 Å². The van der Waals surface area contributed by atoms with Crippen molar-refractivity contribution in [1.29, 1.82) is 0 Å². The van der Waals surface area contributed by atoms with E-state index >= 15 is 0 Å². The summed E-state index contributed by atoms with van der Waals surface area (Å²) >= 11 is 0. The first-order valence-corrected chi connectivity index (χ1v) is 5.52. The first-order valence-electron chi connectivity index (χ1n) is 5.52. The number of benzene rings is 3. The van der Waals surface area contributed by atoms with Gasteiger partial charge in [0.2, 0.25) is 0 Å². The molecular weight excluding hydrogens is 228 g/mol. The quantitative estimate of drug-likeness (QED) is 0.305. The monoisotopic (exact) mass is 238 g/mol. The van der Waals surface area contributed by atoms with Gasteiger partial charge in [0.25, 0.3) is 5.69 Å². The maximum atomic E-state index is 11.1. The summed E-state index contributed by atoms with van der Waals surface area (Å²) in [7, 11) is 0. The Morgan fingerprint density at radius 3 is 2.28 bits per heavy atom. The van der Waals surface area contributed by atoms with Crippen LogP contribution in [0, 0.1) is 10.1 Å². The first kappa shape index (κ1) is 10.5. The Kier molecular flexibility index (Phi) is 2.16. The third-order valence-electron chi connectivity index (χ3n) is 3.07. The number of fused-ring (bicyclic) bond motifs is 2. The lowest BCUT2D eigenvalue weighted by atomic mass is 10.0. The Bertz CT molecular complexity index is 781. The van der Waals surface area contributed by atoms with Crippen LogP contribution in [0.5, 0.6) is 0 Å². The predicted octanol–water partition coefficient (Wildman–Crippen LogP) is 3.48. The highest BCUT2D eigenvalue weighted by molar-refractivity contribution is 6.04. The summed E-state index contributed by atoms with van der Waals surface area (Å²) in [6.07, 6.45) is 0. The van der Waals surface area contributed by atoms with Crippen LogP contribution >= 0.6 is 0 Å². The van der Waals surface area contributed by atoms with E-state index in [2.05, 4.69) is 0 Å². The van der Waals surface area contributed by atoms with E-state index in [1.165, 1.54) is 0 Å². The third kappa shape index (κ3) is 1.47. The van der Waals surface area contributed by atoms with E-state index in [0.29, 0.717) is 5.39 Å². The highest BCUT2D eigenvalue weighted by Crippen LogP contribution is 2.34. The van der Waals surface area contributed by atoms with Crippen molar-refractivity contribution < 1.29 is 4.92 Å². The van der Waals surface area contributed by atoms with Crippen LogP contribution in [0.25, 0.3) is 21.5 Å². The number of nitrogen functional groups attached to an aromatic ring is 1. The van der Waals surface area contributed by atoms with Crippen molar-refractivity contribution in [2.75, 3.05) is 5.73 Å². The Morgan fingerprint density at radius 2 is 1.61 bits per heavy atom. The van der Waals surface area contributed by atoms with E-state index in [-0.39, 0.29) is 11.4 Å². The average Bonchev–Trinajstić information content (AvgIpc) is 2.36. The molecule has 0 saturated carbocycles. The lowest BCUT2D eigenvalue weighted by Gasteiger charge is -2.05. The molecule has 2 N–H and O–H groups in total. The fourth-order valence-electron chi connectivity index (χ4n) is 2.22. The van der Waals surface area contributed by atoms with Crippen LogP contribution in [-0.4, -0.2) is 4.92 Å². The van der Waals surface area contributed by atoms with Gasteiger partial charge in [-0.3, -0.25) is 10.1 Å². The van der Waals surface area contributed by atoms with E-state index in [1.54, 1.807) is 6.07 Å². The molecule has 18 heavy (non-hydrogen) atoms. The number of nitro benzene ring substituents is 1. The first-order chi connectivity index (χ1) is 8.66. The number of hydrogen-bond donors (Lipinski definition) is 1. The van der Waals surface area contributed by atoms with E-state index in [0.717, 1.165) is 16.2 Å². The second-order valence-electron chi connectivity index (χ2n) is 4.18. The van der Waals surface area contributed by atoms with Crippen LogP contribution in [-0.2, 0) is 0 Å². The highest BCUT2D eigenvalue weighted by atomic mass is 16.6. The van der Waals surface area contributed by atoms with Crippen LogP contribution in [0.4, 0.5) is 11.4 Å². The largest absolute Gasteiger partial charge is 0.393 e. The van der Waals surface area contributed by atoms with Crippen LogP contribution in [0.2, 0.25) is 0 Å². The summed E-state index contributed by atoms with van der Waals surface area (Å²) < 4.78 is 0. The maximum Gasteiger partial charge on any atom is 0.299 e. The molecule has 0 bridgehead atoms. The summed E-state index contributed by atoms with van der Waals surface area (Å²) in [5, 5.41) is 14.5. The third-order valence-corrected chi connectivity index (χ3v) is 3.07. The molecule has 0 fully saturated rings. The number of nitrogens with two attached hydrogens (primary N) is 1. The minimum absolute atomic E-state index is 0.0155. The fourth-order valence-corrected chi connectivity index (χ4v) is 2.22. The fraction of sp³-hybridized carbons (Fsp3) is 0. The molecule has 0 atom stereocenters. The maximum absolute atomic E-state index is 11.1. The normalized spacial score (nSPS) is 10.9. The number of nitrogens with zero attached hydrogens (tertiary/aromatic N) is 1. The predicted molar refractivity (Wildman–Crippen MR) is 72.5 cm³/mol. The second-order valence-corrected chi connectivity index (χ2v) is 4.18. The van der Waals surface area contributed by atoms with Gasteiger partial charge in [0.15, 0.2) is 0 Å². The van der Waals surface area contributed by atoms with E-state index in [4.69, 9.17) is 5.73 Å². The Morgan fingerprint density at radius 1 is 0.944 bits per heavy atom. The van der Waals surface area contributed by atoms with Gasteiger partial charge < -0.3 is 5.73 Å². The standard InChI is InChI=1S/C14H10N2O2/c15-13-6-5-11-7-9-3-1-2-4-10(9)8-12(11)14(13)16(17)18/h1-8H,15H2. The van der Waals surface area contributed by atoms with Crippen molar-refractivity contribution in [3.8, 4) is 0 Å². The van der Waals surface area contributed by atoms with Crippen molar-refractivity contribution in [3.63, 3.8) is 0 Å². The molecule has 3 aromatic carbocycles. The Balaban J connectivity index is 2.50. The molecular formula is C14H10N2O2. The van der Waals surface area contributed by atoms with Gasteiger partial charge >= 0.3 is 0 Å². The average molecular weight is 238 g/mol. The van der Waals surface area contributed by atoms with Crippen molar-refractivity contribution in [3.05, 3.63) is 58.6 Å². The molecule has 0 aliphatic heterocycles. The number of nitro groups is 1. The van der Waals surface area contributed by atoms with E-state index in [9.17, 15) is 10.1 Å². The van der Waals surface area contributed by atoms with Gasteiger partial charge in [-0.05, 0) is 34.4 Å². The minimum atomic E-state index is -0.424. The molecule has 3 rings (SSSR count). The van der Waals surface area contributed by atoms with Crippen molar-refractivity contribution >= 4 is 32.9 Å². The zero-order chi connectivity index (χ0) is 12.7. The van der Waals surface area contributed by atoms with Gasteiger partial charge in [0.1, 0.15) is 5.69 Å². The Labute approximate surface area is 103 Å². The molecule has 0 aliphatic carbocycles. The van der Waals surface area contributed by atoms with Crippen LogP contribution in [0.15, 0.2) is 48.5 Å². The molecule has 0 amide bonds. The molecule has 0 radical (unpaired) electrons. The van der Waals surface area contributed by atoms with Gasteiger partial charge in [0, 0.05) is 0 Å². The van der Waals surface area contributed by atoms with Crippen LogP contribution in [0.1, 0.15) is 0 Å². The van der Waals surface area contributed by atoms with Crippen molar-refractivity contribution in [1.82, 2.24) is 0 Å². The molecule has 0 heterocycles. The highest BCUT2D eigenvalue weighted by Gasteiger charge is 2.16. The number of rotatable bonds is 1. The lowest BCUT2D eigenvalue weighted by Crippen LogP contribution is -1.96. The Hall–Kier alpha value is -2.62. The van der Waals surface area contributed by atoms with E-state index in [1.807, 2.05) is 42.5 Å². The molecule has 0 aromatic heterocycles. The van der Waals surface area contributed by atoms with E-state index < -0.39 is 4.92 Å². The molecule has 4 heteroatoms. The van der Waals surface area contributed by atoms with Crippen molar-refractivity contribution in [2.24, 2.45) is 0 Å². The zero-order valence-corrected chi connectivity index (χ0v) is 9.46. The summed E-state index contributed by atoms with van der Waals surface area (Å²) in [6.45, 7) is 0. The number of hydrogen-bond acceptors (Lipinski definition) is 3. The molecule has 0 aliphatic rings. The molecule has 0 unspecified atom stereocenters. The van der Waals surface area contributed by atoms with Gasteiger partial charge in [0.05, 0.1) is 10.3 Å². The van der Waals surface area contributed by atoms with Gasteiger partial charge in [-0.25, -0.2) is 0 Å². The number of anilines is 1. The SMILES string of the molecule is Nc1ccc2cc3ccccc3cc2c1[N+](=O)[O-]. The smallest absolute Gasteiger partial charge is 0.299 e. The minimum Gasteiger partial charge on any atom is -0.393 e. The van der Waals surface area contributed by atoms with Crippen molar-refractivity contribution in [2.45, 2.75) is 0 Å². The molecule has 0 spiro atoms. The zero-order valence-electron chi connectivity index (χ0n) is 9.46. The van der Waals surface area contributed by atoms with Gasteiger partial charge in [-0.15, -0.1) is 0 Å². The molecule has 0 saturated heterocycles. The summed E-state index contributed by atoms with van der Waals surface area (Å²) in [5.41, 5.74) is 5.87. The molecule has 4 nitrogen and oxygen atoms in total. The summed E-state index contributed by atoms with van der Waals surface area (Å²) in [6, 6.07) is 14.9. The molecule has 88 valence electrons. The summed E-state index contributed by atoms with van der Waals surface area (Å²) in [5.74, 6) is 0. The topological polar surface area (TPSA) is 69.2 Å². The summed E-state index contributed by atoms with van der Waals surface area (Å²) in [4.78, 5) is 10.7. The van der Waals surface area contributed by atoms with Gasteiger partial charge in [-0.2, -0.15) is 0 Å². The van der Waals surface area contributed by atoms with Gasteiger partial charge in [-0.1, -0.05) is 30.3 Å². The lowest BCUT2D eigenvalue weighted by molar-refractivity contribution is -0.382.